The second-order valence-corrected chi connectivity index (χ2v) is 3.12. The molecule has 0 saturated heterocycles. The maximum Gasteiger partial charge on any atom is 0.237 e. The van der Waals surface area contributed by atoms with E-state index in [1.807, 2.05) is 6.92 Å². The monoisotopic (exact) mass is 205 g/mol. The summed E-state index contributed by atoms with van der Waals surface area (Å²) in [5.74, 6) is 1.06. The molecular formula is C10H11N3O2. The van der Waals surface area contributed by atoms with Crippen LogP contribution in [0.25, 0.3) is 0 Å². The number of ether oxygens (including phenoxy) is 1. The van der Waals surface area contributed by atoms with E-state index in [1.54, 1.807) is 24.4 Å². The Bertz CT molecular complexity index is 453. The summed E-state index contributed by atoms with van der Waals surface area (Å²) in [4.78, 5) is 3.99. The van der Waals surface area contributed by atoms with Crippen molar-refractivity contribution in [2.75, 3.05) is 5.73 Å². The maximum atomic E-state index is 5.66. The minimum atomic E-state index is 0.280. The van der Waals surface area contributed by atoms with Gasteiger partial charge in [0, 0.05) is 12.3 Å². The molecule has 0 radical (unpaired) electrons. The zero-order chi connectivity index (χ0) is 10.7. The Kier molecular flexibility index (Phi) is 2.53. The molecule has 0 aliphatic rings. The van der Waals surface area contributed by atoms with E-state index in [4.69, 9.17) is 15.0 Å². The van der Waals surface area contributed by atoms with Crippen molar-refractivity contribution in [3.63, 3.8) is 0 Å². The Labute approximate surface area is 86.9 Å². The topological polar surface area (TPSA) is 74.2 Å². The van der Waals surface area contributed by atoms with Gasteiger partial charge in [0.1, 0.15) is 0 Å². The summed E-state index contributed by atoms with van der Waals surface area (Å²) in [5, 5.41) is 3.74. The van der Waals surface area contributed by atoms with Crippen molar-refractivity contribution in [2.24, 2.45) is 0 Å². The van der Waals surface area contributed by atoms with Gasteiger partial charge in [-0.3, -0.25) is 0 Å². The lowest BCUT2D eigenvalue weighted by molar-refractivity contribution is 0.242. The number of pyridine rings is 1. The van der Waals surface area contributed by atoms with E-state index >= 15 is 0 Å². The first kappa shape index (κ1) is 9.51. The van der Waals surface area contributed by atoms with Crippen LogP contribution >= 0.6 is 0 Å². The number of hydrogen-bond acceptors (Lipinski definition) is 5. The summed E-state index contributed by atoms with van der Waals surface area (Å²) in [6, 6.07) is 5.29. The third kappa shape index (κ3) is 2.25. The number of nitrogens with two attached hydrogens (primary N) is 1. The molecule has 0 aromatic carbocycles. The summed E-state index contributed by atoms with van der Waals surface area (Å²) >= 11 is 0. The molecule has 0 aliphatic carbocycles. The lowest BCUT2D eigenvalue weighted by Crippen LogP contribution is -1.99. The number of aryl methyl sites for hydroxylation is 1. The Balaban J connectivity index is 2.02. The van der Waals surface area contributed by atoms with Crippen LogP contribution in [-0.4, -0.2) is 10.1 Å². The molecule has 15 heavy (non-hydrogen) atoms. The van der Waals surface area contributed by atoms with Gasteiger partial charge in [0.15, 0.2) is 12.4 Å². The molecule has 2 rings (SSSR count). The van der Waals surface area contributed by atoms with E-state index in [0.717, 1.165) is 5.69 Å². The van der Waals surface area contributed by atoms with E-state index in [9.17, 15) is 0 Å². The van der Waals surface area contributed by atoms with Gasteiger partial charge in [0.25, 0.3) is 0 Å². The number of nitrogens with zero attached hydrogens (tertiary/aromatic N) is 2. The Morgan fingerprint density at radius 2 is 2.40 bits per heavy atom. The van der Waals surface area contributed by atoms with Crippen LogP contribution in [0.2, 0.25) is 0 Å². The number of aromatic nitrogens is 2. The van der Waals surface area contributed by atoms with Crippen molar-refractivity contribution in [3.8, 4) is 5.88 Å². The second-order valence-electron chi connectivity index (χ2n) is 3.12. The molecule has 78 valence electrons. The third-order valence-corrected chi connectivity index (χ3v) is 1.83. The van der Waals surface area contributed by atoms with Gasteiger partial charge in [0.05, 0.1) is 11.4 Å². The fourth-order valence-corrected chi connectivity index (χ4v) is 1.15. The predicted octanol–water partition coefficient (Wildman–Crippen LogP) is 1.54. The van der Waals surface area contributed by atoms with E-state index in [0.29, 0.717) is 17.3 Å². The predicted molar refractivity (Wildman–Crippen MR) is 54.2 cm³/mol. The van der Waals surface area contributed by atoms with Crippen LogP contribution in [0.3, 0.4) is 0 Å². The molecule has 5 heteroatoms. The lowest BCUT2D eigenvalue weighted by Gasteiger charge is -2.04. The minimum absolute atomic E-state index is 0.280. The quantitative estimate of drug-likeness (QED) is 0.822. The fourth-order valence-electron chi connectivity index (χ4n) is 1.15. The summed E-state index contributed by atoms with van der Waals surface area (Å²) in [5.41, 5.74) is 6.99. The van der Waals surface area contributed by atoms with Gasteiger partial charge in [0.2, 0.25) is 5.88 Å². The van der Waals surface area contributed by atoms with Crippen molar-refractivity contribution in [2.45, 2.75) is 13.5 Å². The highest BCUT2D eigenvalue weighted by atomic mass is 16.5. The Morgan fingerprint density at radius 3 is 3.07 bits per heavy atom. The Morgan fingerprint density at radius 1 is 1.53 bits per heavy atom. The molecule has 2 heterocycles. The van der Waals surface area contributed by atoms with Crippen LogP contribution in [0.1, 0.15) is 11.5 Å². The van der Waals surface area contributed by atoms with Crippen LogP contribution in [0, 0.1) is 6.92 Å². The molecule has 0 spiro atoms. The summed E-state index contributed by atoms with van der Waals surface area (Å²) in [7, 11) is 0. The van der Waals surface area contributed by atoms with Crippen molar-refractivity contribution in [3.05, 3.63) is 35.9 Å². The lowest BCUT2D eigenvalue weighted by atomic mass is 10.4. The van der Waals surface area contributed by atoms with E-state index < -0.39 is 0 Å². The molecule has 0 bridgehead atoms. The smallest absolute Gasteiger partial charge is 0.237 e. The molecule has 0 unspecified atom stereocenters. The summed E-state index contributed by atoms with van der Waals surface area (Å²) in [6.07, 6.45) is 1.62. The standard InChI is InChI=1S/C10H11N3O2/c1-7-5-8(15-13-7)6-14-10-9(11)3-2-4-12-10/h2-5H,6,11H2,1H3. The molecule has 0 atom stereocenters. The largest absolute Gasteiger partial charge is 0.468 e. The van der Waals surface area contributed by atoms with Gasteiger partial charge >= 0.3 is 0 Å². The highest BCUT2D eigenvalue weighted by Crippen LogP contribution is 2.17. The van der Waals surface area contributed by atoms with Gasteiger partial charge in [-0.15, -0.1) is 0 Å². The average molecular weight is 205 g/mol. The van der Waals surface area contributed by atoms with Crippen LogP contribution < -0.4 is 10.5 Å². The van der Waals surface area contributed by atoms with Gasteiger partial charge in [-0.25, -0.2) is 4.98 Å². The number of rotatable bonds is 3. The molecule has 0 amide bonds. The molecular weight excluding hydrogens is 194 g/mol. The van der Waals surface area contributed by atoms with Crippen LogP contribution in [0.15, 0.2) is 28.9 Å². The zero-order valence-electron chi connectivity index (χ0n) is 8.30. The molecule has 2 N–H and O–H groups in total. The molecule has 0 aliphatic heterocycles. The highest BCUT2D eigenvalue weighted by Gasteiger charge is 2.04. The van der Waals surface area contributed by atoms with Crippen molar-refractivity contribution in [1.29, 1.82) is 0 Å². The number of anilines is 1. The Hall–Kier alpha value is -2.04. The third-order valence-electron chi connectivity index (χ3n) is 1.83. The molecule has 2 aromatic heterocycles. The molecule has 5 nitrogen and oxygen atoms in total. The van der Waals surface area contributed by atoms with Crippen LogP contribution in [-0.2, 0) is 6.61 Å². The number of hydrogen-bond donors (Lipinski definition) is 1. The normalized spacial score (nSPS) is 10.2. The van der Waals surface area contributed by atoms with Gasteiger partial charge in [-0.05, 0) is 19.1 Å². The maximum absolute atomic E-state index is 5.66. The summed E-state index contributed by atoms with van der Waals surface area (Å²) < 4.78 is 10.3. The van der Waals surface area contributed by atoms with Gasteiger partial charge in [-0.1, -0.05) is 5.16 Å². The second kappa shape index (κ2) is 4.00. The van der Waals surface area contributed by atoms with E-state index in [-0.39, 0.29) is 6.61 Å². The SMILES string of the molecule is Cc1cc(COc2ncccc2N)on1. The van der Waals surface area contributed by atoms with E-state index in [2.05, 4.69) is 10.1 Å². The van der Waals surface area contributed by atoms with Crippen molar-refractivity contribution in [1.82, 2.24) is 10.1 Å². The van der Waals surface area contributed by atoms with E-state index in [1.165, 1.54) is 0 Å². The van der Waals surface area contributed by atoms with Crippen molar-refractivity contribution < 1.29 is 9.26 Å². The average Bonchev–Trinajstić information content (AvgIpc) is 2.63. The van der Waals surface area contributed by atoms with Crippen LogP contribution in [0.5, 0.6) is 5.88 Å². The summed E-state index contributed by atoms with van der Waals surface area (Å²) in [6.45, 7) is 2.13. The molecule has 2 aromatic rings. The minimum Gasteiger partial charge on any atom is -0.468 e. The van der Waals surface area contributed by atoms with Gasteiger partial charge < -0.3 is 15.0 Å². The molecule has 0 fully saturated rings. The fraction of sp³-hybridized carbons (Fsp3) is 0.200. The van der Waals surface area contributed by atoms with Crippen molar-refractivity contribution >= 4 is 5.69 Å². The van der Waals surface area contributed by atoms with Gasteiger partial charge in [-0.2, -0.15) is 0 Å². The first-order valence-corrected chi connectivity index (χ1v) is 4.51. The number of nitrogen functional groups attached to an aromatic ring is 1. The zero-order valence-corrected chi connectivity index (χ0v) is 8.30. The van der Waals surface area contributed by atoms with Crippen LogP contribution in [0.4, 0.5) is 5.69 Å². The first-order chi connectivity index (χ1) is 7.25. The molecule has 0 saturated carbocycles. The highest BCUT2D eigenvalue weighted by molar-refractivity contribution is 5.46. The first-order valence-electron chi connectivity index (χ1n) is 4.51.